The number of sulfonamides is 1. The molecule has 0 radical (unpaired) electrons. The van der Waals surface area contributed by atoms with E-state index in [0.29, 0.717) is 11.4 Å². The third-order valence-corrected chi connectivity index (χ3v) is 5.71. The number of aromatic nitrogens is 2. The van der Waals surface area contributed by atoms with E-state index in [-0.39, 0.29) is 28.6 Å². The largest absolute Gasteiger partial charge is 0.346 e. The van der Waals surface area contributed by atoms with Gasteiger partial charge < -0.3 is 5.32 Å². The van der Waals surface area contributed by atoms with Gasteiger partial charge in [-0.25, -0.2) is 18.1 Å². The molecule has 0 fully saturated rings. The lowest BCUT2D eigenvalue weighted by molar-refractivity contribution is 0.0905. The van der Waals surface area contributed by atoms with Gasteiger partial charge in [0.1, 0.15) is 11.2 Å². The van der Waals surface area contributed by atoms with Crippen molar-refractivity contribution < 1.29 is 13.2 Å². The fraction of sp³-hybridized carbons (Fsp3) is 0.375. The predicted molar refractivity (Wildman–Crippen MR) is 89.4 cm³/mol. The van der Waals surface area contributed by atoms with Crippen LogP contribution in [0.25, 0.3) is 5.69 Å². The molecule has 0 atom stereocenters. The zero-order valence-corrected chi connectivity index (χ0v) is 14.6. The normalized spacial score (nSPS) is 16.0. The van der Waals surface area contributed by atoms with Crippen LogP contribution < -0.4 is 10.0 Å². The Labute approximate surface area is 141 Å². The lowest BCUT2D eigenvalue weighted by Crippen LogP contribution is -2.43. The van der Waals surface area contributed by atoms with Gasteiger partial charge in [-0.2, -0.15) is 0 Å². The molecule has 7 nitrogen and oxygen atoms in total. The van der Waals surface area contributed by atoms with E-state index in [9.17, 15) is 13.2 Å². The van der Waals surface area contributed by atoms with Crippen LogP contribution in [-0.4, -0.2) is 29.4 Å². The number of benzene rings is 1. The number of rotatable bonds is 3. The van der Waals surface area contributed by atoms with E-state index in [1.54, 1.807) is 22.8 Å². The zero-order chi connectivity index (χ0) is 17.5. The van der Waals surface area contributed by atoms with E-state index in [2.05, 4.69) is 15.0 Å². The van der Waals surface area contributed by atoms with Crippen LogP contribution >= 0.6 is 0 Å². The molecule has 2 N–H and O–H groups in total. The fourth-order valence-corrected chi connectivity index (χ4v) is 3.70. The number of hydrogen-bond acceptors (Lipinski definition) is 4. The Kier molecular flexibility index (Phi) is 3.97. The minimum absolute atomic E-state index is 0.00627. The van der Waals surface area contributed by atoms with Gasteiger partial charge in [-0.15, -0.1) is 0 Å². The van der Waals surface area contributed by atoms with Crippen LogP contribution in [-0.2, 0) is 16.6 Å². The second kappa shape index (κ2) is 5.71. The number of imidazole rings is 1. The molecule has 0 saturated carbocycles. The second-order valence-electron chi connectivity index (χ2n) is 6.39. The first-order chi connectivity index (χ1) is 11.2. The van der Waals surface area contributed by atoms with Crippen molar-refractivity contribution in [3.63, 3.8) is 0 Å². The Morgan fingerprint density at radius 1 is 1.38 bits per heavy atom. The number of amides is 1. The van der Waals surface area contributed by atoms with Crippen LogP contribution in [0, 0.1) is 0 Å². The first-order valence-corrected chi connectivity index (χ1v) is 9.21. The van der Waals surface area contributed by atoms with Gasteiger partial charge in [0.25, 0.3) is 5.91 Å². The molecule has 1 aromatic heterocycles. The average Bonchev–Trinajstić information content (AvgIpc) is 2.92. The highest BCUT2D eigenvalue weighted by Gasteiger charge is 2.29. The highest BCUT2D eigenvalue weighted by atomic mass is 32.2. The highest BCUT2D eigenvalue weighted by molar-refractivity contribution is 7.89. The molecule has 3 rings (SSSR count). The summed E-state index contributed by atoms with van der Waals surface area (Å²) in [5.41, 5.74) is 0.873. The van der Waals surface area contributed by atoms with Crippen LogP contribution in [0.15, 0.2) is 35.5 Å². The molecule has 24 heavy (non-hydrogen) atoms. The van der Waals surface area contributed by atoms with Crippen molar-refractivity contribution in [3.8, 4) is 5.69 Å². The number of fused-ring (bicyclic) bond motifs is 3. The maximum Gasteiger partial charge on any atom is 0.272 e. The Balaban J connectivity index is 2.08. The van der Waals surface area contributed by atoms with E-state index in [1.165, 1.54) is 12.4 Å². The van der Waals surface area contributed by atoms with Gasteiger partial charge in [-0.05, 0) is 32.4 Å². The summed E-state index contributed by atoms with van der Waals surface area (Å²) in [7, 11) is -3.63. The van der Waals surface area contributed by atoms with E-state index in [4.69, 9.17) is 0 Å². The summed E-state index contributed by atoms with van der Waals surface area (Å²) in [5, 5.41) is 2.93. The number of carbonyl (C=O) groups excluding carboxylic acids is 1. The monoisotopic (exact) mass is 348 g/mol. The van der Waals surface area contributed by atoms with Crippen molar-refractivity contribution in [3.05, 3.63) is 42.0 Å². The van der Waals surface area contributed by atoms with Crippen molar-refractivity contribution in [1.29, 1.82) is 0 Å². The maximum atomic E-state index is 12.6. The molecular formula is C16H20N4O3S. The summed E-state index contributed by atoms with van der Waals surface area (Å²) >= 11 is 0. The van der Waals surface area contributed by atoms with Crippen LogP contribution in [0.3, 0.4) is 0 Å². The standard InChI is InChI=1S/C16H20N4O3S/c1-4-16(2,3)19-15(21)14-12-9-18-24(22,23)13-8-6-5-7-11(13)20(12)10-17-14/h5-8,10,18H,4,9H2,1-3H3,(H,19,21). The van der Waals surface area contributed by atoms with Crippen LogP contribution in [0.1, 0.15) is 43.4 Å². The lowest BCUT2D eigenvalue weighted by atomic mass is 10.0. The van der Waals surface area contributed by atoms with E-state index in [0.717, 1.165) is 6.42 Å². The van der Waals surface area contributed by atoms with Gasteiger partial charge in [0.15, 0.2) is 5.69 Å². The quantitative estimate of drug-likeness (QED) is 0.881. The van der Waals surface area contributed by atoms with Crippen molar-refractivity contribution in [2.24, 2.45) is 0 Å². The number of nitrogens with one attached hydrogen (secondary N) is 2. The van der Waals surface area contributed by atoms with Crippen molar-refractivity contribution in [2.45, 2.75) is 44.2 Å². The van der Waals surface area contributed by atoms with E-state index >= 15 is 0 Å². The smallest absolute Gasteiger partial charge is 0.272 e. The van der Waals surface area contributed by atoms with Crippen molar-refractivity contribution in [1.82, 2.24) is 19.6 Å². The molecule has 8 heteroatoms. The molecule has 128 valence electrons. The summed E-state index contributed by atoms with van der Waals surface area (Å²) < 4.78 is 28.9. The second-order valence-corrected chi connectivity index (χ2v) is 8.13. The van der Waals surface area contributed by atoms with Gasteiger partial charge in [0.05, 0.1) is 17.9 Å². The topological polar surface area (TPSA) is 93.1 Å². The molecule has 0 spiro atoms. The third kappa shape index (κ3) is 2.83. The van der Waals surface area contributed by atoms with Crippen LogP contribution in [0.2, 0.25) is 0 Å². The van der Waals surface area contributed by atoms with Gasteiger partial charge in [-0.3, -0.25) is 9.36 Å². The molecule has 0 saturated heterocycles. The molecule has 2 heterocycles. The predicted octanol–water partition coefficient (Wildman–Crippen LogP) is 1.58. The first kappa shape index (κ1) is 16.7. The van der Waals surface area contributed by atoms with Gasteiger partial charge in [0.2, 0.25) is 10.0 Å². The third-order valence-electron chi connectivity index (χ3n) is 4.26. The molecule has 0 aliphatic carbocycles. The molecule has 1 aliphatic heterocycles. The number of nitrogens with zero attached hydrogens (tertiary/aromatic N) is 2. The Morgan fingerprint density at radius 3 is 2.79 bits per heavy atom. The Morgan fingerprint density at radius 2 is 2.08 bits per heavy atom. The van der Waals surface area contributed by atoms with Gasteiger partial charge in [0, 0.05) is 5.54 Å². The molecule has 1 aromatic carbocycles. The minimum Gasteiger partial charge on any atom is -0.346 e. The van der Waals surface area contributed by atoms with Crippen molar-refractivity contribution in [2.75, 3.05) is 0 Å². The summed E-state index contributed by atoms with van der Waals surface area (Å²) in [5.74, 6) is -0.311. The molecule has 1 amide bonds. The number of hydrogen-bond donors (Lipinski definition) is 2. The van der Waals surface area contributed by atoms with E-state index < -0.39 is 10.0 Å². The molecule has 2 aromatic rings. The summed E-state index contributed by atoms with van der Waals surface area (Å²) in [4.78, 5) is 17.0. The first-order valence-electron chi connectivity index (χ1n) is 7.73. The minimum atomic E-state index is -3.63. The average molecular weight is 348 g/mol. The lowest BCUT2D eigenvalue weighted by Gasteiger charge is -2.24. The number of para-hydroxylation sites is 1. The summed E-state index contributed by atoms with van der Waals surface area (Å²) in [6.07, 6.45) is 2.26. The van der Waals surface area contributed by atoms with Crippen molar-refractivity contribution >= 4 is 15.9 Å². The summed E-state index contributed by atoms with van der Waals surface area (Å²) in [6.45, 7) is 5.85. The number of carbonyl (C=O) groups is 1. The Bertz CT molecular complexity index is 900. The molecular weight excluding hydrogens is 328 g/mol. The Hall–Kier alpha value is -2.19. The van der Waals surface area contributed by atoms with Crippen LogP contribution in [0.5, 0.6) is 0 Å². The molecule has 0 bridgehead atoms. The zero-order valence-electron chi connectivity index (χ0n) is 13.8. The summed E-state index contributed by atoms with van der Waals surface area (Å²) in [6, 6.07) is 6.65. The van der Waals surface area contributed by atoms with Gasteiger partial charge in [-0.1, -0.05) is 19.1 Å². The SMILES string of the molecule is CCC(C)(C)NC(=O)c1ncn2c1CNS(=O)(=O)c1ccccc1-2. The van der Waals surface area contributed by atoms with E-state index in [1.807, 2.05) is 20.8 Å². The highest BCUT2D eigenvalue weighted by Crippen LogP contribution is 2.26. The van der Waals surface area contributed by atoms with Crippen LogP contribution in [0.4, 0.5) is 0 Å². The van der Waals surface area contributed by atoms with Gasteiger partial charge >= 0.3 is 0 Å². The molecule has 0 unspecified atom stereocenters. The fourth-order valence-electron chi connectivity index (χ4n) is 2.52. The molecule has 1 aliphatic rings. The maximum absolute atomic E-state index is 12.6.